The molecule has 2 unspecified atom stereocenters. The zero-order chi connectivity index (χ0) is 37.8. The van der Waals surface area contributed by atoms with Crippen LogP contribution in [0.25, 0.3) is 0 Å². The van der Waals surface area contributed by atoms with E-state index < -0.39 is 42.0 Å². The number of terminal acetylenes is 1. The lowest BCUT2D eigenvalue weighted by atomic mass is 9.82. The second kappa shape index (κ2) is 20.1. The molecule has 1 aliphatic carbocycles. The molecule has 0 radical (unpaired) electrons. The number of benzene rings is 1. The number of carbonyl (C=O) groups is 4. The quantitative estimate of drug-likeness (QED) is 0.171. The van der Waals surface area contributed by atoms with Gasteiger partial charge in [-0.1, -0.05) is 76.3 Å². The van der Waals surface area contributed by atoms with Crippen molar-refractivity contribution in [3.8, 4) is 12.3 Å². The van der Waals surface area contributed by atoms with Crippen molar-refractivity contribution in [2.75, 3.05) is 33.2 Å². The van der Waals surface area contributed by atoms with Crippen molar-refractivity contribution in [3.05, 3.63) is 35.9 Å². The molecule has 4 amide bonds. The van der Waals surface area contributed by atoms with E-state index in [0.29, 0.717) is 63.4 Å². The van der Waals surface area contributed by atoms with Gasteiger partial charge in [-0.2, -0.15) is 0 Å². The highest BCUT2D eigenvalue weighted by Gasteiger charge is 2.40. The van der Waals surface area contributed by atoms with Gasteiger partial charge in [0.2, 0.25) is 23.6 Å². The topological polar surface area (TPSA) is 143 Å². The van der Waals surface area contributed by atoms with Crippen molar-refractivity contribution >= 4 is 23.6 Å². The van der Waals surface area contributed by atoms with Crippen molar-refractivity contribution in [2.24, 2.45) is 17.8 Å². The summed E-state index contributed by atoms with van der Waals surface area (Å²) in [4.78, 5) is 59.4. The van der Waals surface area contributed by atoms with Crippen LogP contribution < -0.4 is 10.6 Å². The third-order valence-electron chi connectivity index (χ3n) is 11.4. The first-order valence-electron chi connectivity index (χ1n) is 19.6. The van der Waals surface area contributed by atoms with E-state index in [4.69, 9.17) is 6.42 Å². The number of likely N-dealkylation sites (N-methyl/N-ethyl adjacent to an activating group) is 1. The average Bonchev–Trinajstić information content (AvgIpc) is 3.35. The van der Waals surface area contributed by atoms with Gasteiger partial charge in [0.05, 0.1) is 18.1 Å². The molecule has 1 aromatic carbocycles. The van der Waals surface area contributed by atoms with Gasteiger partial charge < -0.3 is 30.6 Å². The minimum Gasteiger partial charge on any atom is -0.390 e. The van der Waals surface area contributed by atoms with Gasteiger partial charge in [-0.05, 0) is 49.5 Å². The highest BCUT2D eigenvalue weighted by Crippen LogP contribution is 2.31. The fourth-order valence-corrected chi connectivity index (χ4v) is 8.38. The molecule has 4 rings (SSSR count). The van der Waals surface area contributed by atoms with E-state index in [0.717, 1.165) is 44.1 Å². The van der Waals surface area contributed by atoms with Crippen LogP contribution in [0.15, 0.2) is 30.3 Å². The van der Waals surface area contributed by atoms with Crippen LogP contribution in [-0.4, -0.2) is 118 Å². The van der Waals surface area contributed by atoms with Crippen LogP contribution in [0, 0.1) is 30.1 Å². The average molecular weight is 722 g/mol. The highest BCUT2D eigenvalue weighted by molar-refractivity contribution is 5.91. The summed E-state index contributed by atoms with van der Waals surface area (Å²) in [5, 5.41) is 27.9. The van der Waals surface area contributed by atoms with Crippen LogP contribution >= 0.6 is 0 Å². The summed E-state index contributed by atoms with van der Waals surface area (Å²) in [6, 6.07) is 8.31. The van der Waals surface area contributed by atoms with Crippen molar-refractivity contribution in [1.29, 1.82) is 0 Å². The lowest BCUT2D eigenvalue weighted by Crippen LogP contribution is -2.56. The van der Waals surface area contributed by atoms with Gasteiger partial charge in [0.25, 0.3) is 0 Å². The Morgan fingerprint density at radius 2 is 1.62 bits per heavy atom. The molecule has 0 aromatic heterocycles. The maximum Gasteiger partial charge on any atom is 0.243 e. The molecule has 2 bridgehead atoms. The molecule has 11 nitrogen and oxygen atoms in total. The molecular weight excluding hydrogens is 658 g/mol. The number of carbonyl (C=O) groups excluding carboxylic acids is 4. The van der Waals surface area contributed by atoms with E-state index in [-0.39, 0.29) is 30.6 Å². The minimum atomic E-state index is -1.16. The number of aliphatic hydroxyl groups excluding tert-OH is 2. The van der Waals surface area contributed by atoms with Crippen LogP contribution in [0.3, 0.4) is 0 Å². The van der Waals surface area contributed by atoms with Gasteiger partial charge in [0.1, 0.15) is 12.1 Å². The molecule has 52 heavy (non-hydrogen) atoms. The third-order valence-corrected chi connectivity index (χ3v) is 11.4. The largest absolute Gasteiger partial charge is 0.390 e. The summed E-state index contributed by atoms with van der Waals surface area (Å²) in [5.41, 5.74) is 0.894. The number of nitrogens with one attached hydrogen (secondary N) is 2. The van der Waals surface area contributed by atoms with Crippen LogP contribution in [-0.2, 0) is 25.6 Å². The van der Waals surface area contributed by atoms with E-state index in [1.807, 2.05) is 49.1 Å². The first-order chi connectivity index (χ1) is 24.9. The lowest BCUT2D eigenvalue weighted by Gasteiger charge is -2.41. The van der Waals surface area contributed by atoms with Gasteiger partial charge in [0, 0.05) is 65.1 Å². The van der Waals surface area contributed by atoms with Crippen molar-refractivity contribution < 1.29 is 29.4 Å². The van der Waals surface area contributed by atoms with E-state index in [1.165, 1.54) is 6.42 Å². The molecule has 4 N–H and O–H groups in total. The first-order valence-corrected chi connectivity index (χ1v) is 19.6. The van der Waals surface area contributed by atoms with Gasteiger partial charge in [-0.3, -0.25) is 24.1 Å². The van der Waals surface area contributed by atoms with Crippen LogP contribution in [0.2, 0.25) is 0 Å². The molecule has 1 saturated carbocycles. The number of fused-ring (bicyclic) bond motifs is 2. The van der Waals surface area contributed by atoms with Gasteiger partial charge >= 0.3 is 0 Å². The number of amides is 4. The third kappa shape index (κ3) is 12.0. The molecule has 0 spiro atoms. The lowest BCUT2D eigenvalue weighted by molar-refractivity contribution is -0.137. The number of nitrogens with zero attached hydrogens (tertiary/aromatic N) is 3. The Kier molecular flexibility index (Phi) is 16.0. The zero-order valence-electron chi connectivity index (χ0n) is 31.8. The Balaban J connectivity index is 1.42. The maximum atomic E-state index is 14.0. The van der Waals surface area contributed by atoms with Crippen molar-refractivity contribution in [1.82, 2.24) is 25.3 Å². The summed E-state index contributed by atoms with van der Waals surface area (Å²) in [5.74, 6) is 1.22. The van der Waals surface area contributed by atoms with Crippen molar-refractivity contribution in [2.45, 2.75) is 134 Å². The summed E-state index contributed by atoms with van der Waals surface area (Å²) < 4.78 is 0. The van der Waals surface area contributed by atoms with Crippen LogP contribution in [0.5, 0.6) is 0 Å². The Morgan fingerprint density at radius 1 is 0.962 bits per heavy atom. The predicted molar refractivity (Wildman–Crippen MR) is 202 cm³/mol. The number of hydrogen-bond acceptors (Lipinski definition) is 7. The molecule has 1 aromatic rings. The second-order valence-corrected chi connectivity index (χ2v) is 16.0. The van der Waals surface area contributed by atoms with Crippen LogP contribution in [0.1, 0.15) is 97.0 Å². The Labute approximate surface area is 311 Å². The predicted octanol–water partition coefficient (Wildman–Crippen LogP) is 3.12. The summed E-state index contributed by atoms with van der Waals surface area (Å²) >= 11 is 0. The van der Waals surface area contributed by atoms with Gasteiger partial charge in [0.15, 0.2) is 0 Å². The summed E-state index contributed by atoms with van der Waals surface area (Å²) in [7, 11) is 1.76. The van der Waals surface area contributed by atoms with Gasteiger partial charge in [-0.25, -0.2) is 0 Å². The Morgan fingerprint density at radius 3 is 2.21 bits per heavy atom. The van der Waals surface area contributed by atoms with Crippen LogP contribution in [0.4, 0.5) is 0 Å². The molecule has 7 atom stereocenters. The second-order valence-electron chi connectivity index (χ2n) is 16.0. The van der Waals surface area contributed by atoms with Gasteiger partial charge in [-0.15, -0.1) is 12.3 Å². The number of rotatable bonds is 18. The standard InChI is InChI=1S/C41H63N5O6/c1-6-13-35(41(52)43-36(24-31-16-11-8-12-17-31)39(50)37(48)22-28(2)3)42-40(51)32(23-30-14-9-7-10-15-30)25-38(49)44(5)20-21-46-33-18-19-34(46)27-45(26-33)29(4)47/h1,7,9-10,14-15,28,31-37,39,48,50H,8,11-13,16-27H2,2-5H3,(H,42,51)(H,43,52)/t32-,33?,34?,35+,36+,37+,39-/m1/s1. The zero-order valence-corrected chi connectivity index (χ0v) is 31.8. The number of hydrogen-bond donors (Lipinski definition) is 4. The number of piperazine rings is 1. The molecule has 2 saturated heterocycles. The highest BCUT2D eigenvalue weighted by atomic mass is 16.3. The first kappa shape index (κ1) is 41.3. The Bertz CT molecular complexity index is 1350. The summed E-state index contributed by atoms with van der Waals surface area (Å²) in [6.45, 7) is 8.19. The van der Waals surface area contributed by atoms with Crippen molar-refractivity contribution in [3.63, 3.8) is 0 Å². The Hall–Kier alpha value is -3.46. The van der Waals surface area contributed by atoms with E-state index in [2.05, 4.69) is 21.5 Å². The fourth-order valence-electron chi connectivity index (χ4n) is 8.38. The molecule has 288 valence electrons. The summed E-state index contributed by atoms with van der Waals surface area (Å²) in [6.07, 6.45) is 12.1. The maximum absolute atomic E-state index is 14.0. The minimum absolute atomic E-state index is 0.0446. The fraction of sp³-hybridized carbons (Fsp3) is 0.707. The molecule has 3 fully saturated rings. The molecule has 2 aliphatic heterocycles. The normalized spacial score (nSPS) is 22.2. The SMILES string of the molecule is C#CC[C@H](NC(=O)[C@@H](CC(=O)N(C)CCN1C2CCC1CN(C(C)=O)C2)Cc1ccccc1)C(=O)N[C@@H](CC1CCCCC1)[C@@H](O)[C@@H](O)CC(C)C. The van der Waals surface area contributed by atoms with E-state index >= 15 is 0 Å². The number of likely N-dealkylation sites (tertiary alicyclic amines) is 1. The molecule has 11 heteroatoms. The molecule has 3 aliphatic rings. The molecule has 2 heterocycles. The molecular formula is C41H63N5O6. The van der Waals surface area contributed by atoms with E-state index in [1.54, 1.807) is 18.9 Å². The number of aliphatic hydroxyl groups is 2. The van der Waals surface area contributed by atoms with E-state index in [9.17, 15) is 29.4 Å². The monoisotopic (exact) mass is 721 g/mol. The smallest absolute Gasteiger partial charge is 0.243 e.